The first-order chi connectivity index (χ1) is 8.18. The lowest BCUT2D eigenvalue weighted by atomic mass is 9.91. The quantitative estimate of drug-likeness (QED) is 0.504. The highest BCUT2D eigenvalue weighted by molar-refractivity contribution is 6.21. The van der Waals surface area contributed by atoms with E-state index in [0.717, 1.165) is 31.7 Å². The van der Waals surface area contributed by atoms with Crippen LogP contribution in [0.2, 0.25) is 0 Å². The molecule has 0 amide bonds. The number of hydrogen-bond acceptors (Lipinski definition) is 0. The SMILES string of the molecule is Fc1ccc(C(Cl)C2CCCCCC2)c(F)c1. The molecule has 94 valence electrons. The Labute approximate surface area is 106 Å². The van der Waals surface area contributed by atoms with E-state index in [2.05, 4.69) is 0 Å². The van der Waals surface area contributed by atoms with E-state index in [1.165, 1.54) is 25.0 Å². The highest BCUT2D eigenvalue weighted by atomic mass is 35.5. The van der Waals surface area contributed by atoms with Gasteiger partial charge in [-0.3, -0.25) is 0 Å². The van der Waals surface area contributed by atoms with Crippen LogP contribution in [0.3, 0.4) is 0 Å². The molecule has 0 nitrogen and oxygen atoms in total. The predicted molar refractivity (Wildman–Crippen MR) is 66.1 cm³/mol. The Bertz CT molecular complexity index is 370. The zero-order valence-electron chi connectivity index (χ0n) is 9.76. The smallest absolute Gasteiger partial charge is 0.130 e. The van der Waals surface area contributed by atoms with Crippen LogP contribution < -0.4 is 0 Å². The Hall–Kier alpha value is -0.630. The van der Waals surface area contributed by atoms with Gasteiger partial charge in [-0.2, -0.15) is 0 Å². The van der Waals surface area contributed by atoms with Crippen LogP contribution in [-0.4, -0.2) is 0 Å². The van der Waals surface area contributed by atoms with Gasteiger partial charge in [-0.25, -0.2) is 8.78 Å². The van der Waals surface area contributed by atoms with Gasteiger partial charge in [-0.1, -0.05) is 31.7 Å². The van der Waals surface area contributed by atoms with Gasteiger partial charge in [-0.15, -0.1) is 11.6 Å². The van der Waals surface area contributed by atoms with Gasteiger partial charge in [-0.05, 0) is 24.8 Å². The summed E-state index contributed by atoms with van der Waals surface area (Å²) in [5, 5.41) is -0.325. The van der Waals surface area contributed by atoms with Crippen molar-refractivity contribution >= 4 is 11.6 Å². The Morgan fingerprint density at radius 1 is 1.06 bits per heavy atom. The molecule has 1 aliphatic carbocycles. The molecule has 0 aromatic heterocycles. The molecule has 3 heteroatoms. The summed E-state index contributed by atoms with van der Waals surface area (Å²) in [6.07, 6.45) is 6.90. The summed E-state index contributed by atoms with van der Waals surface area (Å²) in [7, 11) is 0. The molecule has 1 aliphatic rings. The number of rotatable bonds is 2. The normalized spacial score (nSPS) is 19.9. The summed E-state index contributed by atoms with van der Waals surface area (Å²) in [6.45, 7) is 0. The molecule has 1 aromatic carbocycles. The fourth-order valence-corrected chi connectivity index (χ4v) is 3.01. The standard InChI is InChI=1S/C14H17ClF2/c15-14(10-5-3-1-2-4-6-10)12-8-7-11(16)9-13(12)17/h7-10,14H,1-6H2. The van der Waals surface area contributed by atoms with Crippen LogP contribution >= 0.6 is 11.6 Å². The molecule has 0 aliphatic heterocycles. The molecule has 0 bridgehead atoms. The van der Waals surface area contributed by atoms with Crippen LogP contribution in [0.1, 0.15) is 49.5 Å². The monoisotopic (exact) mass is 258 g/mol. The van der Waals surface area contributed by atoms with Crippen molar-refractivity contribution in [2.45, 2.75) is 43.9 Å². The Morgan fingerprint density at radius 3 is 2.29 bits per heavy atom. The molecule has 1 fully saturated rings. The molecule has 0 heterocycles. The maximum atomic E-state index is 13.6. The van der Waals surface area contributed by atoms with E-state index in [9.17, 15) is 8.78 Å². The largest absolute Gasteiger partial charge is 0.207 e. The van der Waals surface area contributed by atoms with Gasteiger partial charge in [0.1, 0.15) is 11.6 Å². The summed E-state index contributed by atoms with van der Waals surface area (Å²) in [5.41, 5.74) is 0.444. The van der Waals surface area contributed by atoms with Crippen molar-refractivity contribution < 1.29 is 8.78 Å². The van der Waals surface area contributed by atoms with Crippen molar-refractivity contribution in [1.82, 2.24) is 0 Å². The average Bonchev–Trinajstić information content (AvgIpc) is 2.56. The first kappa shape index (κ1) is 12.8. The topological polar surface area (TPSA) is 0 Å². The van der Waals surface area contributed by atoms with Crippen molar-refractivity contribution in [3.63, 3.8) is 0 Å². The highest BCUT2D eigenvalue weighted by Crippen LogP contribution is 2.38. The van der Waals surface area contributed by atoms with Crippen molar-refractivity contribution in [3.8, 4) is 0 Å². The van der Waals surface area contributed by atoms with Crippen molar-refractivity contribution in [1.29, 1.82) is 0 Å². The summed E-state index contributed by atoms with van der Waals surface area (Å²) >= 11 is 6.35. The summed E-state index contributed by atoms with van der Waals surface area (Å²) in [4.78, 5) is 0. The predicted octanol–water partition coefficient (Wildman–Crippen LogP) is 5.22. The Balaban J connectivity index is 2.14. The van der Waals surface area contributed by atoms with Crippen LogP contribution in [-0.2, 0) is 0 Å². The van der Waals surface area contributed by atoms with Gasteiger partial charge in [0.25, 0.3) is 0 Å². The molecular formula is C14H17ClF2. The van der Waals surface area contributed by atoms with Crippen LogP contribution in [0, 0.1) is 17.6 Å². The fraction of sp³-hybridized carbons (Fsp3) is 0.571. The molecule has 1 unspecified atom stereocenters. The van der Waals surface area contributed by atoms with Crippen molar-refractivity contribution in [3.05, 3.63) is 35.4 Å². The van der Waals surface area contributed by atoms with Crippen molar-refractivity contribution in [2.24, 2.45) is 5.92 Å². The fourth-order valence-electron chi connectivity index (χ4n) is 2.58. The second kappa shape index (κ2) is 5.81. The first-order valence-electron chi connectivity index (χ1n) is 6.27. The van der Waals surface area contributed by atoms with E-state index < -0.39 is 11.6 Å². The third-order valence-corrected chi connectivity index (χ3v) is 4.16. The summed E-state index contributed by atoms with van der Waals surface area (Å²) in [5.74, 6) is -0.746. The zero-order valence-corrected chi connectivity index (χ0v) is 10.5. The molecule has 1 aromatic rings. The van der Waals surface area contributed by atoms with Gasteiger partial charge in [0.05, 0.1) is 5.38 Å². The number of alkyl halides is 1. The summed E-state index contributed by atoms with van der Waals surface area (Å²) in [6, 6.07) is 3.68. The third kappa shape index (κ3) is 3.19. The molecule has 0 saturated heterocycles. The van der Waals surface area contributed by atoms with Gasteiger partial charge in [0.2, 0.25) is 0 Å². The van der Waals surface area contributed by atoms with E-state index in [-0.39, 0.29) is 5.38 Å². The minimum Gasteiger partial charge on any atom is -0.207 e. The molecule has 2 rings (SSSR count). The Morgan fingerprint density at radius 2 is 1.71 bits per heavy atom. The highest BCUT2D eigenvalue weighted by Gasteiger charge is 2.24. The lowest BCUT2D eigenvalue weighted by Gasteiger charge is -2.21. The van der Waals surface area contributed by atoms with E-state index in [0.29, 0.717) is 11.5 Å². The second-order valence-corrected chi connectivity index (χ2v) is 5.29. The number of hydrogen-bond donors (Lipinski definition) is 0. The van der Waals surface area contributed by atoms with E-state index in [1.807, 2.05) is 0 Å². The average molecular weight is 259 g/mol. The van der Waals surface area contributed by atoms with Gasteiger partial charge >= 0.3 is 0 Å². The molecule has 1 atom stereocenters. The third-order valence-electron chi connectivity index (χ3n) is 3.57. The van der Waals surface area contributed by atoms with Gasteiger partial charge in [0.15, 0.2) is 0 Å². The minimum absolute atomic E-state index is 0.319. The first-order valence-corrected chi connectivity index (χ1v) is 6.71. The maximum absolute atomic E-state index is 13.6. The minimum atomic E-state index is -0.545. The number of benzene rings is 1. The molecule has 0 spiro atoms. The van der Waals surface area contributed by atoms with Crippen molar-refractivity contribution in [2.75, 3.05) is 0 Å². The van der Waals surface area contributed by atoms with Gasteiger partial charge in [0, 0.05) is 11.6 Å². The van der Waals surface area contributed by atoms with E-state index in [4.69, 9.17) is 11.6 Å². The molecule has 0 N–H and O–H groups in total. The van der Waals surface area contributed by atoms with Crippen LogP contribution in [0.15, 0.2) is 18.2 Å². The van der Waals surface area contributed by atoms with Crippen LogP contribution in [0.5, 0.6) is 0 Å². The zero-order chi connectivity index (χ0) is 12.3. The Kier molecular flexibility index (Phi) is 4.38. The van der Waals surface area contributed by atoms with E-state index >= 15 is 0 Å². The lowest BCUT2D eigenvalue weighted by molar-refractivity contribution is 0.433. The second-order valence-electron chi connectivity index (χ2n) is 4.82. The molecule has 17 heavy (non-hydrogen) atoms. The van der Waals surface area contributed by atoms with Crippen LogP contribution in [0.25, 0.3) is 0 Å². The van der Waals surface area contributed by atoms with Crippen LogP contribution in [0.4, 0.5) is 8.78 Å². The molecular weight excluding hydrogens is 242 g/mol. The molecule has 1 saturated carbocycles. The summed E-state index contributed by atoms with van der Waals surface area (Å²) < 4.78 is 26.5. The maximum Gasteiger partial charge on any atom is 0.130 e. The number of halogens is 3. The van der Waals surface area contributed by atoms with Gasteiger partial charge < -0.3 is 0 Å². The van der Waals surface area contributed by atoms with E-state index in [1.54, 1.807) is 0 Å². The lowest BCUT2D eigenvalue weighted by Crippen LogP contribution is -2.09. The molecule has 0 radical (unpaired) electrons.